The number of nitrogens with two attached hydrogens (primary N) is 1. The number of carbonyl (C=O) groups is 1. The van der Waals surface area contributed by atoms with Crippen LogP contribution >= 0.6 is 0 Å². The molecule has 1 aromatic carbocycles. The average molecular weight is 300 g/mol. The second kappa shape index (κ2) is 4.39. The van der Waals surface area contributed by atoms with Crippen molar-refractivity contribution in [2.24, 2.45) is 5.73 Å². The molecule has 1 saturated carbocycles. The highest BCUT2D eigenvalue weighted by Crippen LogP contribution is 2.41. The minimum atomic E-state index is -0.494. The molecule has 0 saturated heterocycles. The third kappa shape index (κ3) is 1.94. The van der Waals surface area contributed by atoms with E-state index in [2.05, 4.69) is 10.4 Å². The number of halogens is 1. The van der Waals surface area contributed by atoms with E-state index < -0.39 is 5.91 Å². The van der Waals surface area contributed by atoms with Crippen LogP contribution in [0.25, 0.3) is 11.3 Å². The average Bonchev–Trinajstić information content (AvgIpc) is 3.10. The van der Waals surface area contributed by atoms with E-state index in [1.165, 1.54) is 6.07 Å². The highest BCUT2D eigenvalue weighted by atomic mass is 19.1. The molecule has 0 bridgehead atoms. The van der Waals surface area contributed by atoms with E-state index in [0.717, 1.165) is 30.6 Å². The Bertz CT molecular complexity index is 792. The topological polar surface area (TPSA) is 72.9 Å². The Labute approximate surface area is 127 Å². The number of amides is 1. The molecule has 22 heavy (non-hydrogen) atoms. The highest BCUT2D eigenvalue weighted by molar-refractivity contribution is 6.00. The number of rotatable bonds is 2. The summed E-state index contributed by atoms with van der Waals surface area (Å²) in [6, 6.07) is 4.74. The number of fused-ring (bicyclic) bond motifs is 1. The first-order valence-electron chi connectivity index (χ1n) is 7.40. The monoisotopic (exact) mass is 300 g/mol. The van der Waals surface area contributed by atoms with Gasteiger partial charge in [0, 0.05) is 17.6 Å². The minimum absolute atomic E-state index is 0.143. The first-order valence-corrected chi connectivity index (χ1v) is 7.40. The summed E-state index contributed by atoms with van der Waals surface area (Å²) in [6.07, 6.45) is 2.26. The summed E-state index contributed by atoms with van der Waals surface area (Å²) in [5.74, 6) is -0.765. The van der Waals surface area contributed by atoms with E-state index >= 15 is 0 Å². The van der Waals surface area contributed by atoms with Crippen molar-refractivity contribution in [3.8, 4) is 11.3 Å². The van der Waals surface area contributed by atoms with Crippen LogP contribution in [0.1, 0.15) is 34.5 Å². The maximum absolute atomic E-state index is 13.5. The molecule has 1 amide bonds. The van der Waals surface area contributed by atoms with Crippen LogP contribution in [0.3, 0.4) is 0 Å². The summed E-state index contributed by atoms with van der Waals surface area (Å²) < 4.78 is 15.4. The summed E-state index contributed by atoms with van der Waals surface area (Å²) in [5.41, 5.74) is 8.77. The Hall–Kier alpha value is -2.21. The molecule has 0 unspecified atom stereocenters. The molecular formula is C16H17FN4O. The number of carbonyl (C=O) groups excluding carboxylic acids is 1. The molecule has 3 N–H and O–H groups in total. The zero-order valence-electron chi connectivity index (χ0n) is 12.3. The molecule has 0 radical (unpaired) electrons. The number of benzene rings is 1. The van der Waals surface area contributed by atoms with Crippen LogP contribution in [0.15, 0.2) is 18.2 Å². The summed E-state index contributed by atoms with van der Waals surface area (Å²) in [4.78, 5) is 11.9. The first kappa shape index (κ1) is 13.5. The maximum Gasteiger partial charge on any atom is 0.252 e. The SMILES string of the molecule is Cc1cc(-c2nn3c(c2C(N)=O)CNC2(CC2)C3)ccc1F. The molecule has 1 aliphatic carbocycles. The van der Waals surface area contributed by atoms with Crippen molar-refractivity contribution < 1.29 is 9.18 Å². The number of primary amides is 1. The molecule has 4 rings (SSSR count). The molecule has 2 aromatic rings. The molecule has 6 heteroatoms. The largest absolute Gasteiger partial charge is 0.365 e. The van der Waals surface area contributed by atoms with Gasteiger partial charge in [0.15, 0.2) is 0 Å². The number of aryl methyl sites for hydroxylation is 1. The van der Waals surface area contributed by atoms with E-state index in [-0.39, 0.29) is 11.4 Å². The first-order chi connectivity index (χ1) is 10.5. The van der Waals surface area contributed by atoms with E-state index in [1.54, 1.807) is 19.1 Å². The van der Waals surface area contributed by atoms with Crippen molar-refractivity contribution in [1.82, 2.24) is 15.1 Å². The molecule has 1 aliphatic heterocycles. The summed E-state index contributed by atoms with van der Waals surface area (Å²) in [7, 11) is 0. The van der Waals surface area contributed by atoms with Crippen molar-refractivity contribution in [2.75, 3.05) is 0 Å². The number of aromatic nitrogens is 2. The molecule has 5 nitrogen and oxygen atoms in total. The lowest BCUT2D eigenvalue weighted by atomic mass is 10.0. The van der Waals surface area contributed by atoms with Crippen molar-refractivity contribution in [3.05, 3.63) is 40.8 Å². The van der Waals surface area contributed by atoms with Gasteiger partial charge in [0.05, 0.1) is 17.8 Å². The summed E-state index contributed by atoms with van der Waals surface area (Å²) in [5, 5.41) is 8.08. The molecular weight excluding hydrogens is 283 g/mol. The van der Waals surface area contributed by atoms with E-state index in [0.29, 0.717) is 23.4 Å². The number of hydrogen-bond donors (Lipinski definition) is 2. The standard InChI is InChI=1S/C16H17FN4O/c1-9-6-10(2-3-11(9)17)14-13(15(18)22)12-7-19-16(4-5-16)8-21(12)20-14/h2-3,6,19H,4-5,7-8H2,1H3,(H2,18,22). The molecule has 114 valence electrons. The lowest BCUT2D eigenvalue weighted by molar-refractivity contribution is 0.0999. The van der Waals surface area contributed by atoms with Gasteiger partial charge in [-0.3, -0.25) is 9.48 Å². The van der Waals surface area contributed by atoms with Crippen LogP contribution in [-0.2, 0) is 13.1 Å². The lowest BCUT2D eigenvalue weighted by Gasteiger charge is -2.24. The van der Waals surface area contributed by atoms with Gasteiger partial charge in [-0.05, 0) is 43.5 Å². The van der Waals surface area contributed by atoms with Gasteiger partial charge in [-0.1, -0.05) is 0 Å². The van der Waals surface area contributed by atoms with Crippen molar-refractivity contribution in [3.63, 3.8) is 0 Å². The van der Waals surface area contributed by atoms with Gasteiger partial charge >= 0.3 is 0 Å². The molecule has 2 aliphatic rings. The molecule has 1 aromatic heterocycles. The van der Waals surface area contributed by atoms with Crippen LogP contribution in [-0.4, -0.2) is 21.2 Å². The Morgan fingerprint density at radius 1 is 1.45 bits per heavy atom. The third-order valence-corrected chi connectivity index (χ3v) is 4.67. The normalized spacial score (nSPS) is 18.3. The van der Waals surface area contributed by atoms with Crippen LogP contribution in [0.4, 0.5) is 4.39 Å². The number of hydrogen-bond acceptors (Lipinski definition) is 3. The predicted octanol–water partition coefficient (Wildman–Crippen LogP) is 1.73. The Balaban J connectivity index is 1.86. The quantitative estimate of drug-likeness (QED) is 0.887. The number of nitrogens with one attached hydrogen (secondary N) is 1. The van der Waals surface area contributed by atoms with Crippen LogP contribution in [0.2, 0.25) is 0 Å². The predicted molar refractivity (Wildman–Crippen MR) is 79.7 cm³/mol. The molecule has 1 spiro atoms. The second-order valence-electron chi connectivity index (χ2n) is 6.29. The lowest BCUT2D eigenvalue weighted by Crippen LogP contribution is -2.41. The van der Waals surface area contributed by atoms with Crippen molar-refractivity contribution in [2.45, 2.75) is 38.4 Å². The maximum atomic E-state index is 13.5. The van der Waals surface area contributed by atoms with Gasteiger partial charge < -0.3 is 11.1 Å². The van der Waals surface area contributed by atoms with Crippen LogP contribution < -0.4 is 11.1 Å². The fourth-order valence-electron chi connectivity index (χ4n) is 3.16. The second-order valence-corrected chi connectivity index (χ2v) is 6.29. The third-order valence-electron chi connectivity index (χ3n) is 4.67. The highest BCUT2D eigenvalue weighted by Gasteiger charge is 2.46. The zero-order chi connectivity index (χ0) is 15.5. The number of nitrogens with zero attached hydrogens (tertiary/aromatic N) is 2. The fourth-order valence-corrected chi connectivity index (χ4v) is 3.16. The minimum Gasteiger partial charge on any atom is -0.365 e. The van der Waals surface area contributed by atoms with Crippen LogP contribution in [0, 0.1) is 12.7 Å². The Kier molecular flexibility index (Phi) is 2.69. The van der Waals surface area contributed by atoms with Gasteiger partial charge in [0.1, 0.15) is 11.5 Å². The molecule has 2 heterocycles. The summed E-state index contributed by atoms with van der Waals surface area (Å²) >= 11 is 0. The Morgan fingerprint density at radius 3 is 2.86 bits per heavy atom. The van der Waals surface area contributed by atoms with Crippen LogP contribution in [0.5, 0.6) is 0 Å². The van der Waals surface area contributed by atoms with Gasteiger partial charge in [0.2, 0.25) is 0 Å². The van der Waals surface area contributed by atoms with Gasteiger partial charge in [0.25, 0.3) is 5.91 Å². The molecule has 0 atom stereocenters. The van der Waals surface area contributed by atoms with Crippen molar-refractivity contribution >= 4 is 5.91 Å². The Morgan fingerprint density at radius 2 is 2.23 bits per heavy atom. The summed E-state index contributed by atoms with van der Waals surface area (Å²) in [6.45, 7) is 3.04. The van der Waals surface area contributed by atoms with Gasteiger partial charge in [-0.2, -0.15) is 5.10 Å². The smallest absolute Gasteiger partial charge is 0.252 e. The van der Waals surface area contributed by atoms with E-state index in [4.69, 9.17) is 5.73 Å². The van der Waals surface area contributed by atoms with E-state index in [9.17, 15) is 9.18 Å². The van der Waals surface area contributed by atoms with Gasteiger partial charge in [-0.15, -0.1) is 0 Å². The molecule has 1 fully saturated rings. The fraction of sp³-hybridized carbons (Fsp3) is 0.375. The zero-order valence-corrected chi connectivity index (χ0v) is 12.3. The van der Waals surface area contributed by atoms with Crippen molar-refractivity contribution in [1.29, 1.82) is 0 Å². The van der Waals surface area contributed by atoms with Gasteiger partial charge in [-0.25, -0.2) is 4.39 Å². The van der Waals surface area contributed by atoms with E-state index in [1.807, 2.05) is 4.68 Å².